The smallest absolute Gasteiger partial charge is 0.202 e. The number of nitrogens with zero attached hydrogens (tertiary/aromatic N) is 1. The Balaban J connectivity index is 1.55. The zero-order chi connectivity index (χ0) is 16.2. The Morgan fingerprint density at radius 3 is 2.12 bits per heavy atom. The van der Waals surface area contributed by atoms with E-state index in [0.29, 0.717) is 40.5 Å². The second-order valence-corrected chi connectivity index (χ2v) is 8.28. The first-order valence-electron chi connectivity index (χ1n) is 8.76. The summed E-state index contributed by atoms with van der Waals surface area (Å²) < 4.78 is 1.58. The third-order valence-corrected chi connectivity index (χ3v) is 7.26. The molecular weight excluding hydrogens is 322 g/mol. The van der Waals surface area contributed by atoms with E-state index >= 15 is 0 Å². The van der Waals surface area contributed by atoms with E-state index in [1.54, 1.807) is 16.7 Å². The van der Waals surface area contributed by atoms with Crippen LogP contribution < -0.4 is 0 Å². The molecule has 6 atom stereocenters. The number of aromatic hydroxyl groups is 2. The number of aromatic nitrogens is 1. The molecule has 1 aromatic carbocycles. The Bertz CT molecular complexity index is 867. The molecule has 4 aliphatic rings. The number of fused-ring (bicyclic) bond motifs is 12. The molecule has 4 heteroatoms. The summed E-state index contributed by atoms with van der Waals surface area (Å²) in [5.74, 6) is 3.84. The summed E-state index contributed by atoms with van der Waals surface area (Å²) in [6, 6.07) is 7.29. The third kappa shape index (κ3) is 1.38. The van der Waals surface area contributed by atoms with E-state index in [2.05, 4.69) is 12.2 Å². The van der Waals surface area contributed by atoms with Crippen LogP contribution in [0.4, 0.5) is 0 Å². The van der Waals surface area contributed by atoms with Gasteiger partial charge in [0.25, 0.3) is 0 Å². The van der Waals surface area contributed by atoms with Crippen LogP contribution in [0.3, 0.4) is 0 Å². The topological polar surface area (TPSA) is 45.4 Å². The maximum absolute atomic E-state index is 10.9. The monoisotopic (exact) mass is 339 g/mol. The van der Waals surface area contributed by atoms with Crippen LogP contribution in [0.1, 0.15) is 35.8 Å². The van der Waals surface area contributed by atoms with Crippen molar-refractivity contribution in [1.82, 2.24) is 4.57 Å². The summed E-state index contributed by atoms with van der Waals surface area (Å²) in [4.78, 5) is 0. The summed E-state index contributed by atoms with van der Waals surface area (Å²) in [6.45, 7) is 0. The highest BCUT2D eigenvalue weighted by Gasteiger charge is 2.62. The standard InChI is InChI=1S/C20H18ClNO2/c21-11-2-1-3-12(7-11)22-19(23)17-13-8-14(18(17)20(22)24)16-10-5-4-9(6-10)15(13)16/h1-5,7,9-10,13-16,23-24H,6,8H2. The van der Waals surface area contributed by atoms with Crippen LogP contribution in [-0.2, 0) is 0 Å². The van der Waals surface area contributed by atoms with Crippen molar-refractivity contribution in [3.05, 3.63) is 52.6 Å². The first-order chi connectivity index (χ1) is 11.6. The van der Waals surface area contributed by atoms with Crippen LogP contribution in [0.5, 0.6) is 11.8 Å². The molecule has 0 amide bonds. The van der Waals surface area contributed by atoms with Crippen molar-refractivity contribution < 1.29 is 10.2 Å². The largest absolute Gasteiger partial charge is 0.494 e. The van der Waals surface area contributed by atoms with Gasteiger partial charge in [0.15, 0.2) is 0 Å². The van der Waals surface area contributed by atoms with Crippen molar-refractivity contribution >= 4 is 11.6 Å². The van der Waals surface area contributed by atoms with Gasteiger partial charge in [-0.15, -0.1) is 0 Å². The van der Waals surface area contributed by atoms with Crippen molar-refractivity contribution in [2.45, 2.75) is 24.7 Å². The van der Waals surface area contributed by atoms with Crippen molar-refractivity contribution in [3.8, 4) is 17.4 Å². The highest BCUT2D eigenvalue weighted by atomic mass is 35.5. The van der Waals surface area contributed by atoms with Gasteiger partial charge in [-0.2, -0.15) is 0 Å². The molecule has 1 aromatic heterocycles. The lowest BCUT2D eigenvalue weighted by atomic mass is 9.72. The Labute approximate surface area is 145 Å². The second kappa shape index (κ2) is 4.20. The molecule has 3 nitrogen and oxygen atoms in total. The predicted octanol–water partition coefficient (Wildman–Crippen LogP) is 4.56. The highest BCUT2D eigenvalue weighted by molar-refractivity contribution is 6.30. The van der Waals surface area contributed by atoms with Gasteiger partial charge in [-0.05, 0) is 66.5 Å². The molecular formula is C20H18ClNO2. The average Bonchev–Trinajstić information content (AvgIpc) is 3.33. The Morgan fingerprint density at radius 2 is 1.54 bits per heavy atom. The molecule has 6 unspecified atom stereocenters. The first kappa shape index (κ1) is 13.4. The molecule has 122 valence electrons. The fourth-order valence-electron chi connectivity index (χ4n) is 6.41. The van der Waals surface area contributed by atoms with Gasteiger partial charge in [0.2, 0.25) is 11.8 Å². The summed E-state index contributed by atoms with van der Waals surface area (Å²) in [5, 5.41) is 22.5. The van der Waals surface area contributed by atoms with E-state index in [1.807, 2.05) is 12.1 Å². The summed E-state index contributed by atoms with van der Waals surface area (Å²) in [5.41, 5.74) is 2.72. The Kier molecular flexibility index (Phi) is 2.35. The van der Waals surface area contributed by atoms with Crippen molar-refractivity contribution in [2.24, 2.45) is 23.7 Å². The SMILES string of the molecule is Oc1c2c(c(O)n1-c1cccc(Cl)c1)C1CC2C2C3C=CC(C3)C12. The van der Waals surface area contributed by atoms with Crippen molar-refractivity contribution in [2.75, 3.05) is 0 Å². The molecule has 4 bridgehead atoms. The van der Waals surface area contributed by atoms with E-state index in [9.17, 15) is 10.2 Å². The van der Waals surface area contributed by atoms with Gasteiger partial charge < -0.3 is 10.2 Å². The first-order valence-corrected chi connectivity index (χ1v) is 9.13. The summed E-state index contributed by atoms with van der Waals surface area (Å²) in [7, 11) is 0. The lowest BCUT2D eigenvalue weighted by molar-refractivity contribution is 0.298. The van der Waals surface area contributed by atoms with Crippen LogP contribution in [0.2, 0.25) is 5.02 Å². The number of halogens is 1. The molecule has 4 aliphatic carbocycles. The third-order valence-electron chi connectivity index (χ3n) is 7.02. The molecule has 2 N–H and O–H groups in total. The maximum atomic E-state index is 10.9. The minimum Gasteiger partial charge on any atom is -0.494 e. The highest BCUT2D eigenvalue weighted by Crippen LogP contribution is 2.72. The van der Waals surface area contributed by atoms with Gasteiger partial charge >= 0.3 is 0 Å². The normalized spacial score (nSPS) is 37.2. The average molecular weight is 340 g/mol. The Morgan fingerprint density at radius 1 is 0.917 bits per heavy atom. The number of rotatable bonds is 1. The van der Waals surface area contributed by atoms with Gasteiger partial charge in [0.05, 0.1) is 5.69 Å². The molecule has 0 saturated heterocycles. The van der Waals surface area contributed by atoms with Gasteiger partial charge in [0.1, 0.15) is 0 Å². The van der Waals surface area contributed by atoms with Crippen LogP contribution in [0, 0.1) is 23.7 Å². The molecule has 0 aliphatic heterocycles. The number of benzene rings is 1. The maximum Gasteiger partial charge on any atom is 0.202 e. The van der Waals surface area contributed by atoms with Crippen LogP contribution in [0.15, 0.2) is 36.4 Å². The van der Waals surface area contributed by atoms with Gasteiger partial charge in [0, 0.05) is 16.1 Å². The van der Waals surface area contributed by atoms with Crippen molar-refractivity contribution in [3.63, 3.8) is 0 Å². The summed E-state index contributed by atoms with van der Waals surface area (Å²) >= 11 is 6.10. The van der Waals surface area contributed by atoms with Gasteiger partial charge in [-0.25, -0.2) is 0 Å². The predicted molar refractivity (Wildman–Crippen MR) is 91.9 cm³/mol. The molecule has 2 fully saturated rings. The van der Waals surface area contributed by atoms with Gasteiger partial charge in [-0.3, -0.25) is 4.57 Å². The minimum atomic E-state index is 0.211. The molecule has 1 heterocycles. The van der Waals surface area contributed by atoms with Crippen LogP contribution in [-0.4, -0.2) is 14.8 Å². The van der Waals surface area contributed by atoms with Gasteiger partial charge in [-0.1, -0.05) is 29.8 Å². The molecule has 24 heavy (non-hydrogen) atoms. The number of allylic oxidation sites excluding steroid dienone is 2. The molecule has 6 rings (SSSR count). The van der Waals surface area contributed by atoms with Crippen molar-refractivity contribution in [1.29, 1.82) is 0 Å². The fraction of sp³-hybridized carbons (Fsp3) is 0.400. The molecule has 0 radical (unpaired) electrons. The van der Waals surface area contributed by atoms with E-state index in [1.165, 1.54) is 6.42 Å². The molecule has 2 saturated carbocycles. The lowest BCUT2D eigenvalue weighted by Crippen LogP contribution is -2.24. The Hall–Kier alpha value is -1.87. The summed E-state index contributed by atoms with van der Waals surface area (Å²) in [6.07, 6.45) is 7.13. The zero-order valence-corrected chi connectivity index (χ0v) is 13.8. The van der Waals surface area contributed by atoms with E-state index in [4.69, 9.17) is 11.6 Å². The fourth-order valence-corrected chi connectivity index (χ4v) is 6.60. The number of hydrogen-bond donors (Lipinski definition) is 2. The van der Waals surface area contributed by atoms with Crippen LogP contribution >= 0.6 is 11.6 Å². The number of hydrogen-bond acceptors (Lipinski definition) is 2. The second-order valence-electron chi connectivity index (χ2n) is 7.84. The van der Waals surface area contributed by atoms with E-state index in [0.717, 1.165) is 23.2 Å². The molecule has 0 spiro atoms. The quantitative estimate of drug-likeness (QED) is 0.590. The van der Waals surface area contributed by atoms with Crippen LogP contribution in [0.25, 0.3) is 5.69 Å². The lowest BCUT2D eigenvalue weighted by Gasteiger charge is -2.31. The van der Waals surface area contributed by atoms with E-state index in [-0.39, 0.29) is 11.8 Å². The zero-order valence-electron chi connectivity index (χ0n) is 13.1. The molecule has 2 aromatic rings. The minimum absolute atomic E-state index is 0.211. The van der Waals surface area contributed by atoms with E-state index < -0.39 is 0 Å².